The first-order chi connectivity index (χ1) is 13.4. The smallest absolute Gasteiger partial charge is 0.193 e. The van der Waals surface area contributed by atoms with Crippen LogP contribution < -0.4 is 18.9 Å². The first-order valence-electron chi connectivity index (χ1n) is 8.20. The second-order valence-corrected chi connectivity index (χ2v) is 5.94. The molecule has 0 saturated carbocycles. The van der Waals surface area contributed by atoms with Gasteiger partial charge in [-0.05, 0) is 24.3 Å². The van der Waals surface area contributed by atoms with Gasteiger partial charge in [0, 0.05) is 23.8 Å². The summed E-state index contributed by atoms with van der Waals surface area (Å²) in [6.07, 6.45) is 4.32. The molecule has 2 aromatic carbocycles. The number of methoxy groups -OCH3 is 4. The zero-order chi connectivity index (χ0) is 20.7. The third-order valence-corrected chi connectivity index (χ3v) is 4.24. The number of ketones is 1. The van der Waals surface area contributed by atoms with Crippen LogP contribution in [0.25, 0.3) is 5.03 Å². The first-order valence-corrected chi connectivity index (χ1v) is 8.58. The van der Waals surface area contributed by atoms with E-state index in [0.29, 0.717) is 27.8 Å². The van der Waals surface area contributed by atoms with Gasteiger partial charge in [0.2, 0.25) is 0 Å². The van der Waals surface area contributed by atoms with Crippen LogP contribution in [0.2, 0.25) is 0 Å². The minimum absolute atomic E-state index is 0.0334. The van der Waals surface area contributed by atoms with Gasteiger partial charge >= 0.3 is 0 Å². The lowest BCUT2D eigenvalue weighted by Gasteiger charge is -2.10. The van der Waals surface area contributed by atoms with Gasteiger partial charge in [-0.3, -0.25) is 4.79 Å². The van der Waals surface area contributed by atoms with Crippen LogP contribution in [0.4, 0.5) is 0 Å². The van der Waals surface area contributed by atoms with Crippen molar-refractivity contribution in [3.05, 3.63) is 59.7 Å². The van der Waals surface area contributed by atoms with E-state index in [0.717, 1.165) is 0 Å². The number of benzene rings is 2. The van der Waals surface area contributed by atoms with Crippen molar-refractivity contribution in [1.29, 1.82) is 0 Å². The second-order valence-electron chi connectivity index (χ2n) is 5.53. The molecule has 0 aliphatic rings. The minimum Gasteiger partial charge on any atom is -0.507 e. The van der Waals surface area contributed by atoms with E-state index in [1.165, 1.54) is 45.6 Å². The zero-order valence-electron chi connectivity index (χ0n) is 16.0. The fraction of sp³-hybridized carbons (Fsp3) is 0.190. The summed E-state index contributed by atoms with van der Waals surface area (Å²) >= 11 is 6.33. The van der Waals surface area contributed by atoms with E-state index in [2.05, 4.69) is 0 Å². The number of rotatable bonds is 8. The van der Waals surface area contributed by atoms with E-state index in [9.17, 15) is 9.90 Å². The highest BCUT2D eigenvalue weighted by molar-refractivity contribution is 6.49. The first kappa shape index (κ1) is 21.2. The fourth-order valence-corrected chi connectivity index (χ4v) is 2.72. The molecule has 2 rings (SSSR count). The summed E-state index contributed by atoms with van der Waals surface area (Å²) in [5.74, 6) is 1.08. The Morgan fingerprint density at radius 1 is 0.929 bits per heavy atom. The molecule has 6 nitrogen and oxygen atoms in total. The van der Waals surface area contributed by atoms with Crippen LogP contribution in [0.1, 0.15) is 15.9 Å². The van der Waals surface area contributed by atoms with Gasteiger partial charge in [0.05, 0.1) is 33.5 Å². The van der Waals surface area contributed by atoms with Gasteiger partial charge in [-0.15, -0.1) is 0 Å². The molecular weight excluding hydrogens is 384 g/mol. The van der Waals surface area contributed by atoms with E-state index in [-0.39, 0.29) is 17.1 Å². The molecule has 0 bridgehead atoms. The molecule has 0 atom stereocenters. The Labute approximate surface area is 168 Å². The summed E-state index contributed by atoms with van der Waals surface area (Å²) < 4.78 is 20.7. The molecule has 0 radical (unpaired) electrons. The second kappa shape index (κ2) is 9.71. The highest BCUT2D eigenvalue weighted by Crippen LogP contribution is 2.34. The monoisotopic (exact) mass is 404 g/mol. The average molecular weight is 405 g/mol. The number of phenolic OH excluding ortho intramolecular Hbond substituents is 1. The van der Waals surface area contributed by atoms with Crippen molar-refractivity contribution in [2.24, 2.45) is 0 Å². The molecule has 148 valence electrons. The molecule has 0 aromatic heterocycles. The number of phenols is 1. The summed E-state index contributed by atoms with van der Waals surface area (Å²) in [5, 5.41) is 10.5. The predicted molar refractivity (Wildman–Crippen MR) is 108 cm³/mol. The summed E-state index contributed by atoms with van der Waals surface area (Å²) in [5.41, 5.74) is 0.679. The van der Waals surface area contributed by atoms with E-state index in [1.807, 2.05) is 0 Å². The molecule has 0 fully saturated rings. The quantitative estimate of drug-likeness (QED) is 0.398. The largest absolute Gasteiger partial charge is 0.507 e. The Kier molecular flexibility index (Phi) is 7.35. The average Bonchev–Trinajstić information content (AvgIpc) is 2.71. The Balaban J connectivity index is 2.28. The lowest BCUT2D eigenvalue weighted by atomic mass is 10.1. The third kappa shape index (κ3) is 4.78. The van der Waals surface area contributed by atoms with E-state index < -0.39 is 5.78 Å². The molecule has 0 spiro atoms. The standard InChI is InChI=1S/C21H21ClO6/c1-25-13-8-9-15(19(11-13)27-3)16(22)6-5-7-17(23)21-18(24)10-14(26-2)12-20(21)28-4/h5-12,24H,1-4H3/b7-5+,16-6-. The molecule has 28 heavy (non-hydrogen) atoms. The van der Waals surface area contributed by atoms with Crippen LogP contribution >= 0.6 is 11.6 Å². The number of aromatic hydroxyl groups is 1. The SMILES string of the molecule is COc1ccc(/C(Cl)=C/C=C/C(=O)c2c(O)cc(OC)cc2OC)c(OC)c1. The van der Waals surface area contributed by atoms with Crippen LogP contribution in [-0.2, 0) is 0 Å². The van der Waals surface area contributed by atoms with Crippen molar-refractivity contribution in [2.45, 2.75) is 0 Å². The maximum atomic E-state index is 12.5. The van der Waals surface area contributed by atoms with Crippen molar-refractivity contribution in [3.8, 4) is 28.7 Å². The number of halogens is 1. The molecule has 0 amide bonds. The minimum atomic E-state index is -0.445. The van der Waals surface area contributed by atoms with Crippen molar-refractivity contribution in [1.82, 2.24) is 0 Å². The summed E-state index contributed by atoms with van der Waals surface area (Å²) in [7, 11) is 5.95. The van der Waals surface area contributed by atoms with E-state index in [4.69, 9.17) is 30.5 Å². The highest BCUT2D eigenvalue weighted by atomic mass is 35.5. The zero-order valence-corrected chi connectivity index (χ0v) is 16.7. The molecule has 0 unspecified atom stereocenters. The van der Waals surface area contributed by atoms with E-state index >= 15 is 0 Å². The number of ether oxygens (including phenoxy) is 4. The normalized spacial score (nSPS) is 11.4. The third-order valence-electron chi connectivity index (χ3n) is 3.91. The molecule has 1 N–H and O–H groups in total. The van der Waals surface area contributed by atoms with Crippen LogP contribution in [0.15, 0.2) is 48.6 Å². The summed E-state index contributed by atoms with van der Waals surface area (Å²) in [4.78, 5) is 12.5. The van der Waals surface area contributed by atoms with Crippen LogP contribution in [-0.4, -0.2) is 39.3 Å². The molecular formula is C21H21ClO6. The summed E-state index contributed by atoms with van der Waals surface area (Å²) in [6, 6.07) is 8.08. The number of allylic oxidation sites excluding steroid dienone is 3. The van der Waals surface area contributed by atoms with Gasteiger partial charge in [0.1, 0.15) is 34.3 Å². The highest BCUT2D eigenvalue weighted by Gasteiger charge is 2.17. The van der Waals surface area contributed by atoms with Gasteiger partial charge in [-0.2, -0.15) is 0 Å². The summed E-state index contributed by atoms with van der Waals surface area (Å²) in [6.45, 7) is 0. The van der Waals surface area contributed by atoms with Crippen molar-refractivity contribution in [3.63, 3.8) is 0 Å². The molecule has 0 saturated heterocycles. The van der Waals surface area contributed by atoms with Gasteiger partial charge in [-0.25, -0.2) is 0 Å². The van der Waals surface area contributed by atoms with Gasteiger partial charge in [0.15, 0.2) is 5.78 Å². The van der Waals surface area contributed by atoms with Crippen LogP contribution in [0, 0.1) is 0 Å². The van der Waals surface area contributed by atoms with Gasteiger partial charge < -0.3 is 24.1 Å². The molecule has 7 heteroatoms. The van der Waals surface area contributed by atoms with Gasteiger partial charge in [-0.1, -0.05) is 17.7 Å². The number of hydrogen-bond donors (Lipinski definition) is 1. The number of hydrogen-bond acceptors (Lipinski definition) is 6. The maximum Gasteiger partial charge on any atom is 0.193 e. The van der Waals surface area contributed by atoms with Crippen molar-refractivity contribution in [2.75, 3.05) is 28.4 Å². The van der Waals surface area contributed by atoms with Crippen LogP contribution in [0.5, 0.6) is 28.7 Å². The predicted octanol–water partition coefficient (Wildman–Crippen LogP) is 4.45. The lowest BCUT2D eigenvalue weighted by molar-refractivity contribution is 0.104. The Morgan fingerprint density at radius 2 is 1.57 bits per heavy atom. The Bertz CT molecular complexity index is 917. The van der Waals surface area contributed by atoms with Crippen molar-refractivity contribution < 1.29 is 28.8 Å². The van der Waals surface area contributed by atoms with E-state index in [1.54, 1.807) is 31.4 Å². The Hall–Kier alpha value is -3.12. The fourth-order valence-electron chi connectivity index (χ4n) is 2.49. The van der Waals surface area contributed by atoms with Gasteiger partial charge in [0.25, 0.3) is 0 Å². The number of carbonyl (C=O) groups is 1. The Morgan fingerprint density at radius 3 is 2.18 bits per heavy atom. The molecule has 0 aliphatic heterocycles. The molecule has 0 heterocycles. The lowest BCUT2D eigenvalue weighted by Crippen LogP contribution is -2.00. The molecule has 0 aliphatic carbocycles. The topological polar surface area (TPSA) is 74.2 Å². The number of carbonyl (C=O) groups excluding carboxylic acids is 1. The van der Waals surface area contributed by atoms with Crippen LogP contribution in [0.3, 0.4) is 0 Å². The maximum absolute atomic E-state index is 12.5. The van der Waals surface area contributed by atoms with Crippen molar-refractivity contribution >= 4 is 22.4 Å². The molecule has 2 aromatic rings.